The highest BCUT2D eigenvalue weighted by Gasteiger charge is 2.28. The van der Waals surface area contributed by atoms with Crippen molar-refractivity contribution in [3.8, 4) is 0 Å². The average molecular weight is 446 g/mol. The van der Waals surface area contributed by atoms with Gasteiger partial charge in [-0.05, 0) is 30.9 Å². The third-order valence-electron chi connectivity index (χ3n) is 5.73. The van der Waals surface area contributed by atoms with Gasteiger partial charge in [-0.1, -0.05) is 23.4 Å². The molecule has 1 aromatic carbocycles. The summed E-state index contributed by atoms with van der Waals surface area (Å²) in [6.07, 6.45) is 6.09. The molecule has 166 valence electrons. The van der Waals surface area contributed by atoms with Gasteiger partial charge in [0.2, 0.25) is 21.8 Å². The SMILES string of the molecule is CS(=O)(=O)N1CCC(c2noc(CCNC(=O)CCc3c[nH]c4ccccc34)n2)CC1. The number of amides is 1. The summed E-state index contributed by atoms with van der Waals surface area (Å²) >= 11 is 0. The van der Waals surface area contributed by atoms with Gasteiger partial charge in [-0.25, -0.2) is 12.7 Å². The van der Waals surface area contributed by atoms with Crippen LogP contribution in [0, 0.1) is 0 Å². The molecule has 0 bridgehead atoms. The zero-order valence-corrected chi connectivity index (χ0v) is 18.3. The Morgan fingerprint density at radius 3 is 2.81 bits per heavy atom. The van der Waals surface area contributed by atoms with E-state index < -0.39 is 10.0 Å². The summed E-state index contributed by atoms with van der Waals surface area (Å²) < 4.78 is 30.0. The van der Waals surface area contributed by atoms with Gasteiger partial charge in [0.05, 0.1) is 6.26 Å². The van der Waals surface area contributed by atoms with E-state index in [1.54, 1.807) is 0 Å². The van der Waals surface area contributed by atoms with Crippen LogP contribution in [0.1, 0.15) is 42.5 Å². The summed E-state index contributed by atoms with van der Waals surface area (Å²) in [6.45, 7) is 1.38. The first-order chi connectivity index (χ1) is 14.9. The second kappa shape index (κ2) is 9.19. The first-order valence-electron chi connectivity index (χ1n) is 10.5. The van der Waals surface area contributed by atoms with Crippen molar-refractivity contribution >= 4 is 26.8 Å². The Balaban J connectivity index is 1.20. The van der Waals surface area contributed by atoms with Gasteiger partial charge < -0.3 is 14.8 Å². The number of nitrogens with one attached hydrogen (secondary N) is 2. The van der Waals surface area contributed by atoms with E-state index in [0.29, 0.717) is 63.5 Å². The lowest BCUT2D eigenvalue weighted by atomic mass is 9.97. The van der Waals surface area contributed by atoms with Crippen molar-refractivity contribution in [2.45, 2.75) is 38.0 Å². The van der Waals surface area contributed by atoms with E-state index in [9.17, 15) is 13.2 Å². The zero-order chi connectivity index (χ0) is 21.8. The molecule has 9 nitrogen and oxygen atoms in total. The number of sulfonamides is 1. The highest BCUT2D eigenvalue weighted by molar-refractivity contribution is 7.88. The molecule has 2 N–H and O–H groups in total. The summed E-state index contributed by atoms with van der Waals surface area (Å²) in [7, 11) is -3.15. The summed E-state index contributed by atoms with van der Waals surface area (Å²) in [5.74, 6) is 1.19. The molecule has 3 aromatic rings. The number of aromatic nitrogens is 3. The van der Waals surface area contributed by atoms with Crippen LogP contribution in [0.4, 0.5) is 0 Å². The van der Waals surface area contributed by atoms with E-state index in [4.69, 9.17) is 4.52 Å². The fraction of sp³-hybridized carbons (Fsp3) is 0.476. The van der Waals surface area contributed by atoms with Gasteiger partial charge in [0.25, 0.3) is 0 Å². The molecule has 1 amide bonds. The number of hydrogen-bond donors (Lipinski definition) is 2. The quantitative estimate of drug-likeness (QED) is 0.547. The third kappa shape index (κ3) is 5.31. The van der Waals surface area contributed by atoms with Gasteiger partial charge in [0.15, 0.2) is 5.82 Å². The fourth-order valence-electron chi connectivity index (χ4n) is 3.96. The molecular weight excluding hydrogens is 418 g/mol. The summed E-state index contributed by atoms with van der Waals surface area (Å²) in [4.78, 5) is 19.8. The smallest absolute Gasteiger partial charge is 0.228 e. The monoisotopic (exact) mass is 445 g/mol. The lowest BCUT2D eigenvalue weighted by Gasteiger charge is -2.28. The minimum atomic E-state index is -3.15. The second-order valence-corrected chi connectivity index (χ2v) is 9.92. The minimum absolute atomic E-state index is 0.0156. The Kier molecular flexibility index (Phi) is 6.38. The van der Waals surface area contributed by atoms with Crippen LogP contribution in [-0.2, 0) is 27.7 Å². The Bertz CT molecular complexity index is 1150. The van der Waals surface area contributed by atoms with Gasteiger partial charge in [-0.2, -0.15) is 4.98 Å². The van der Waals surface area contributed by atoms with Crippen molar-refractivity contribution < 1.29 is 17.7 Å². The van der Waals surface area contributed by atoms with Crippen LogP contribution in [-0.4, -0.2) is 59.6 Å². The standard InChI is InChI=1S/C21H27N5O4S/c1-31(28,29)26-12-9-15(10-13-26)21-24-20(30-25-21)8-11-22-19(27)7-6-16-14-23-18-5-3-2-4-17(16)18/h2-5,14-15,23H,6-13H2,1H3,(H,22,27). The molecule has 2 aromatic heterocycles. The molecule has 0 radical (unpaired) electrons. The highest BCUT2D eigenvalue weighted by atomic mass is 32.2. The lowest BCUT2D eigenvalue weighted by Crippen LogP contribution is -2.37. The molecule has 0 atom stereocenters. The van der Waals surface area contributed by atoms with Crippen LogP contribution in [0.2, 0.25) is 0 Å². The predicted octanol–water partition coefficient (Wildman–Crippen LogP) is 1.98. The first kappa shape index (κ1) is 21.5. The number of carbonyl (C=O) groups excluding carboxylic acids is 1. The molecule has 1 aliphatic rings. The number of rotatable bonds is 8. The Hall–Kier alpha value is -2.72. The maximum Gasteiger partial charge on any atom is 0.228 e. The first-order valence-corrected chi connectivity index (χ1v) is 12.3. The van der Waals surface area contributed by atoms with Crippen molar-refractivity contribution in [2.75, 3.05) is 25.9 Å². The number of para-hydroxylation sites is 1. The number of carbonyl (C=O) groups is 1. The van der Waals surface area contributed by atoms with Crippen LogP contribution in [0.25, 0.3) is 10.9 Å². The molecule has 0 spiro atoms. The van der Waals surface area contributed by atoms with Crippen molar-refractivity contribution in [1.82, 2.24) is 24.7 Å². The molecule has 3 heterocycles. The highest BCUT2D eigenvalue weighted by Crippen LogP contribution is 2.27. The topological polar surface area (TPSA) is 121 Å². The lowest BCUT2D eigenvalue weighted by molar-refractivity contribution is -0.121. The van der Waals surface area contributed by atoms with Gasteiger partial charge in [0, 0.05) is 55.5 Å². The average Bonchev–Trinajstić information content (AvgIpc) is 3.39. The van der Waals surface area contributed by atoms with Crippen LogP contribution in [0.5, 0.6) is 0 Å². The number of nitrogens with zero attached hydrogens (tertiary/aromatic N) is 3. The molecule has 1 saturated heterocycles. The Morgan fingerprint density at radius 2 is 2.03 bits per heavy atom. The molecule has 0 unspecified atom stereocenters. The summed E-state index contributed by atoms with van der Waals surface area (Å²) in [6, 6.07) is 8.05. The zero-order valence-electron chi connectivity index (χ0n) is 17.5. The van der Waals surface area contributed by atoms with E-state index in [2.05, 4.69) is 26.5 Å². The number of aryl methyl sites for hydroxylation is 1. The van der Waals surface area contributed by atoms with Crippen molar-refractivity contribution in [3.63, 3.8) is 0 Å². The normalized spacial score (nSPS) is 16.0. The molecule has 0 aliphatic carbocycles. The number of fused-ring (bicyclic) bond motifs is 1. The molecular formula is C21H27N5O4S. The molecule has 31 heavy (non-hydrogen) atoms. The summed E-state index contributed by atoms with van der Waals surface area (Å²) in [5, 5.41) is 8.11. The van der Waals surface area contributed by atoms with Gasteiger partial charge in [-0.15, -0.1) is 0 Å². The van der Waals surface area contributed by atoms with Crippen LogP contribution >= 0.6 is 0 Å². The molecule has 1 aliphatic heterocycles. The number of benzene rings is 1. The Labute approximate surface area is 181 Å². The molecule has 0 saturated carbocycles. The van der Waals surface area contributed by atoms with Gasteiger partial charge in [-0.3, -0.25) is 4.79 Å². The van der Waals surface area contributed by atoms with E-state index in [-0.39, 0.29) is 11.8 Å². The largest absolute Gasteiger partial charge is 0.361 e. The van der Waals surface area contributed by atoms with E-state index >= 15 is 0 Å². The molecule has 10 heteroatoms. The van der Waals surface area contributed by atoms with Crippen molar-refractivity contribution in [1.29, 1.82) is 0 Å². The second-order valence-electron chi connectivity index (χ2n) is 7.94. The number of piperidine rings is 1. The third-order valence-corrected chi connectivity index (χ3v) is 7.03. The maximum absolute atomic E-state index is 12.2. The van der Waals surface area contributed by atoms with Crippen molar-refractivity contribution in [3.05, 3.63) is 47.7 Å². The molecule has 1 fully saturated rings. The number of H-pyrrole nitrogens is 1. The van der Waals surface area contributed by atoms with Crippen LogP contribution in [0.3, 0.4) is 0 Å². The predicted molar refractivity (Wildman–Crippen MR) is 116 cm³/mol. The number of hydrogen-bond acceptors (Lipinski definition) is 6. The maximum atomic E-state index is 12.2. The van der Waals surface area contributed by atoms with E-state index in [0.717, 1.165) is 16.5 Å². The molecule has 4 rings (SSSR count). The van der Waals surface area contributed by atoms with E-state index in [1.807, 2.05) is 24.4 Å². The summed E-state index contributed by atoms with van der Waals surface area (Å²) in [5.41, 5.74) is 2.21. The van der Waals surface area contributed by atoms with Crippen molar-refractivity contribution in [2.24, 2.45) is 0 Å². The number of aromatic amines is 1. The minimum Gasteiger partial charge on any atom is -0.361 e. The Morgan fingerprint density at radius 1 is 1.26 bits per heavy atom. The van der Waals surface area contributed by atoms with Crippen LogP contribution < -0.4 is 5.32 Å². The fourth-order valence-corrected chi connectivity index (χ4v) is 4.84. The van der Waals surface area contributed by atoms with Crippen LogP contribution in [0.15, 0.2) is 35.0 Å². The van der Waals surface area contributed by atoms with Gasteiger partial charge >= 0.3 is 0 Å². The van der Waals surface area contributed by atoms with Gasteiger partial charge in [0.1, 0.15) is 0 Å². The van der Waals surface area contributed by atoms with E-state index in [1.165, 1.54) is 10.6 Å².